The van der Waals surface area contributed by atoms with Gasteiger partial charge in [0.1, 0.15) is 5.82 Å². The number of rotatable bonds is 4. The molecule has 0 unspecified atom stereocenters. The van der Waals surface area contributed by atoms with Crippen molar-refractivity contribution < 1.29 is 9.60 Å². The maximum absolute atomic E-state index is 14.2. The first-order chi connectivity index (χ1) is 10.0. The first-order valence-electron chi connectivity index (χ1n) is 6.21. The molecule has 0 spiro atoms. The lowest BCUT2D eigenvalue weighted by atomic mass is 10.1. The van der Waals surface area contributed by atoms with E-state index in [0.717, 1.165) is 11.4 Å². The Balaban J connectivity index is 2.20. The number of halogens is 1. The molecule has 0 saturated heterocycles. The molecule has 7 heteroatoms. The Morgan fingerprint density at radius 1 is 1.33 bits per heavy atom. The number of amidine groups is 1. The molecule has 0 radical (unpaired) electrons. The predicted octanol–water partition coefficient (Wildman–Crippen LogP) is 2.62. The smallest absolute Gasteiger partial charge is 0.188 e. The summed E-state index contributed by atoms with van der Waals surface area (Å²) < 4.78 is 14.2. The highest BCUT2D eigenvalue weighted by atomic mass is 32.2. The maximum Gasteiger partial charge on any atom is 0.188 e. The number of oxime groups is 1. The van der Waals surface area contributed by atoms with Crippen LogP contribution < -0.4 is 5.73 Å². The molecule has 2 rings (SSSR count). The van der Waals surface area contributed by atoms with Crippen LogP contribution in [0.4, 0.5) is 4.39 Å². The third-order valence-electron chi connectivity index (χ3n) is 2.78. The zero-order valence-corrected chi connectivity index (χ0v) is 12.5. The highest BCUT2D eigenvalue weighted by Crippen LogP contribution is 2.23. The van der Waals surface area contributed by atoms with Crippen LogP contribution in [0.2, 0.25) is 0 Å². The summed E-state index contributed by atoms with van der Waals surface area (Å²) in [5.41, 5.74) is 7.71. The van der Waals surface area contributed by atoms with Gasteiger partial charge in [-0.1, -0.05) is 29.1 Å². The minimum atomic E-state index is -0.496. The summed E-state index contributed by atoms with van der Waals surface area (Å²) in [7, 11) is 0. The molecule has 3 N–H and O–H groups in total. The predicted molar refractivity (Wildman–Crippen MR) is 80.0 cm³/mol. The number of benzene rings is 1. The van der Waals surface area contributed by atoms with Crippen molar-refractivity contribution in [3.8, 4) is 0 Å². The van der Waals surface area contributed by atoms with E-state index < -0.39 is 5.82 Å². The number of thioether (sulfide) groups is 1. The summed E-state index contributed by atoms with van der Waals surface area (Å²) in [6.45, 7) is 3.77. The van der Waals surface area contributed by atoms with Crippen molar-refractivity contribution in [2.45, 2.75) is 24.8 Å². The van der Waals surface area contributed by atoms with Crippen LogP contribution in [0.25, 0.3) is 0 Å². The van der Waals surface area contributed by atoms with E-state index in [2.05, 4.69) is 15.1 Å². The molecule has 21 heavy (non-hydrogen) atoms. The molecule has 5 nitrogen and oxygen atoms in total. The van der Waals surface area contributed by atoms with Crippen molar-refractivity contribution in [2.24, 2.45) is 10.9 Å². The van der Waals surface area contributed by atoms with Crippen molar-refractivity contribution in [1.29, 1.82) is 0 Å². The van der Waals surface area contributed by atoms with Crippen molar-refractivity contribution in [3.63, 3.8) is 0 Å². The second kappa shape index (κ2) is 6.53. The van der Waals surface area contributed by atoms with E-state index in [1.807, 2.05) is 19.9 Å². The van der Waals surface area contributed by atoms with Crippen LogP contribution in [0.1, 0.15) is 22.5 Å². The van der Waals surface area contributed by atoms with Gasteiger partial charge in [-0.05, 0) is 31.5 Å². The molecule has 0 aliphatic heterocycles. The Labute approximate surface area is 126 Å². The van der Waals surface area contributed by atoms with Gasteiger partial charge >= 0.3 is 0 Å². The molecule has 0 atom stereocenters. The molecule has 2 aromatic rings. The molecule has 1 heterocycles. The maximum atomic E-state index is 14.2. The van der Waals surface area contributed by atoms with Gasteiger partial charge in [-0.15, -0.1) is 0 Å². The Morgan fingerprint density at radius 2 is 2.00 bits per heavy atom. The van der Waals surface area contributed by atoms with Gasteiger partial charge in [0.2, 0.25) is 0 Å². The minimum Gasteiger partial charge on any atom is -0.409 e. The summed E-state index contributed by atoms with van der Waals surface area (Å²) in [6, 6.07) is 6.66. The molecule has 0 aliphatic carbocycles. The Kier molecular flexibility index (Phi) is 4.74. The van der Waals surface area contributed by atoms with Crippen molar-refractivity contribution in [2.75, 3.05) is 0 Å². The van der Waals surface area contributed by atoms with Gasteiger partial charge in [0.25, 0.3) is 0 Å². The summed E-state index contributed by atoms with van der Waals surface area (Å²) >= 11 is 1.34. The zero-order valence-electron chi connectivity index (χ0n) is 11.7. The molecule has 0 bridgehead atoms. The lowest BCUT2D eigenvalue weighted by Crippen LogP contribution is -2.15. The van der Waals surface area contributed by atoms with E-state index in [4.69, 9.17) is 10.9 Å². The Bertz CT molecular complexity index is 670. The lowest BCUT2D eigenvalue weighted by Gasteiger charge is -2.07. The SMILES string of the molecule is Cc1cc(C)nc(SCc2cccc(/C(N)=N/O)c2F)n1. The van der Waals surface area contributed by atoms with E-state index in [9.17, 15) is 4.39 Å². The second-order valence-electron chi connectivity index (χ2n) is 4.49. The van der Waals surface area contributed by atoms with Gasteiger partial charge < -0.3 is 10.9 Å². The number of aryl methyl sites for hydroxylation is 2. The molecule has 0 amide bonds. The summed E-state index contributed by atoms with van der Waals surface area (Å²) in [5, 5.41) is 12.1. The normalized spacial score (nSPS) is 11.7. The van der Waals surface area contributed by atoms with Gasteiger partial charge in [0, 0.05) is 17.1 Å². The highest BCUT2D eigenvalue weighted by molar-refractivity contribution is 7.98. The van der Waals surface area contributed by atoms with Gasteiger partial charge in [-0.3, -0.25) is 0 Å². The van der Waals surface area contributed by atoms with Gasteiger partial charge in [0.15, 0.2) is 11.0 Å². The molecule has 1 aromatic heterocycles. The second-order valence-corrected chi connectivity index (χ2v) is 5.43. The van der Waals surface area contributed by atoms with Crippen LogP contribution >= 0.6 is 11.8 Å². The van der Waals surface area contributed by atoms with Crippen molar-refractivity contribution in [3.05, 3.63) is 52.6 Å². The number of hydrogen-bond donors (Lipinski definition) is 2. The molecule has 0 saturated carbocycles. The van der Waals surface area contributed by atoms with Gasteiger partial charge in [-0.2, -0.15) is 0 Å². The van der Waals surface area contributed by atoms with E-state index in [-0.39, 0.29) is 11.4 Å². The van der Waals surface area contributed by atoms with E-state index in [0.29, 0.717) is 16.5 Å². The Morgan fingerprint density at radius 3 is 2.62 bits per heavy atom. The fourth-order valence-electron chi connectivity index (χ4n) is 1.84. The topological polar surface area (TPSA) is 84.4 Å². The summed E-state index contributed by atoms with van der Waals surface area (Å²) in [6.07, 6.45) is 0. The average Bonchev–Trinajstić information content (AvgIpc) is 2.44. The molecule has 110 valence electrons. The average molecular weight is 306 g/mol. The first kappa shape index (κ1) is 15.2. The van der Waals surface area contributed by atoms with Crippen LogP contribution in [-0.2, 0) is 5.75 Å². The highest BCUT2D eigenvalue weighted by Gasteiger charge is 2.12. The third-order valence-corrected chi connectivity index (χ3v) is 3.68. The number of aromatic nitrogens is 2. The molecule has 0 fully saturated rings. The zero-order chi connectivity index (χ0) is 15.4. The summed E-state index contributed by atoms with van der Waals surface area (Å²) in [4.78, 5) is 8.59. The molecular formula is C14H15FN4OS. The first-order valence-corrected chi connectivity index (χ1v) is 7.20. The van der Waals surface area contributed by atoms with E-state index >= 15 is 0 Å². The van der Waals surface area contributed by atoms with Crippen LogP contribution in [0.15, 0.2) is 34.6 Å². The van der Waals surface area contributed by atoms with Crippen molar-refractivity contribution >= 4 is 17.6 Å². The van der Waals surface area contributed by atoms with E-state index in [1.165, 1.54) is 17.8 Å². The lowest BCUT2D eigenvalue weighted by molar-refractivity contribution is 0.318. The molecule has 1 aromatic carbocycles. The minimum absolute atomic E-state index is 0.0805. The summed E-state index contributed by atoms with van der Waals surface area (Å²) in [5.74, 6) is -0.381. The molecule has 0 aliphatic rings. The molecular weight excluding hydrogens is 291 g/mol. The number of nitrogens with two attached hydrogens (primary N) is 1. The van der Waals surface area contributed by atoms with Gasteiger partial charge in [0.05, 0.1) is 5.56 Å². The Hall–Kier alpha value is -2.15. The largest absolute Gasteiger partial charge is 0.409 e. The van der Waals surface area contributed by atoms with Crippen molar-refractivity contribution in [1.82, 2.24) is 9.97 Å². The number of hydrogen-bond acceptors (Lipinski definition) is 5. The quantitative estimate of drug-likeness (QED) is 0.226. The van der Waals surface area contributed by atoms with Crippen LogP contribution in [0.3, 0.4) is 0 Å². The van der Waals surface area contributed by atoms with Crippen LogP contribution in [0.5, 0.6) is 0 Å². The number of nitrogens with zero attached hydrogens (tertiary/aromatic N) is 3. The van der Waals surface area contributed by atoms with Crippen LogP contribution in [-0.4, -0.2) is 21.0 Å². The fourth-order valence-corrected chi connectivity index (χ4v) is 2.77. The standard InChI is InChI=1S/C14H15FN4OS/c1-8-6-9(2)18-14(17-8)21-7-10-4-3-5-11(12(10)15)13(16)19-20/h3-6,20H,7H2,1-2H3,(H2,16,19). The fraction of sp³-hybridized carbons (Fsp3) is 0.214. The monoisotopic (exact) mass is 306 g/mol. The van der Waals surface area contributed by atoms with Crippen LogP contribution in [0, 0.1) is 19.7 Å². The van der Waals surface area contributed by atoms with Gasteiger partial charge in [-0.25, -0.2) is 14.4 Å². The third kappa shape index (κ3) is 3.69. The van der Waals surface area contributed by atoms with E-state index in [1.54, 1.807) is 12.1 Å².